The van der Waals surface area contributed by atoms with Crippen molar-refractivity contribution >= 4 is 27.7 Å². The van der Waals surface area contributed by atoms with E-state index in [2.05, 4.69) is 5.32 Å². The van der Waals surface area contributed by atoms with Crippen molar-refractivity contribution in [2.75, 3.05) is 25.1 Å². The van der Waals surface area contributed by atoms with Crippen molar-refractivity contribution in [3.05, 3.63) is 0 Å². The number of nitrogens with one attached hydrogen (secondary N) is 1. The highest BCUT2D eigenvalue weighted by Crippen LogP contribution is 2.32. The highest BCUT2D eigenvalue weighted by molar-refractivity contribution is 7.91. The molecule has 2 saturated heterocycles. The molecular weight excluding hydrogens is 346 g/mol. The minimum Gasteiger partial charge on any atom is -0.340 e. The Hall–Kier alpha value is -1.64. The van der Waals surface area contributed by atoms with Crippen molar-refractivity contribution < 1.29 is 22.8 Å². The normalized spacial score (nSPS) is 28.0. The Morgan fingerprint density at radius 2 is 1.88 bits per heavy atom. The van der Waals surface area contributed by atoms with E-state index in [0.29, 0.717) is 19.3 Å². The molecule has 3 fully saturated rings. The van der Waals surface area contributed by atoms with E-state index in [4.69, 9.17) is 0 Å². The quantitative estimate of drug-likeness (QED) is 0.718. The van der Waals surface area contributed by atoms with Gasteiger partial charge < -0.3 is 10.2 Å². The molecule has 0 bridgehead atoms. The first-order valence-electron chi connectivity index (χ1n) is 8.84. The third-order valence-corrected chi connectivity index (χ3v) is 7.40. The number of sulfone groups is 1. The zero-order chi connectivity index (χ0) is 18.2. The summed E-state index contributed by atoms with van der Waals surface area (Å²) < 4.78 is 23.2. The molecule has 2 aliphatic heterocycles. The van der Waals surface area contributed by atoms with Gasteiger partial charge >= 0.3 is 6.03 Å². The van der Waals surface area contributed by atoms with Gasteiger partial charge in [-0.2, -0.15) is 0 Å². The van der Waals surface area contributed by atoms with Crippen LogP contribution in [0, 0.1) is 0 Å². The summed E-state index contributed by atoms with van der Waals surface area (Å²) in [6.45, 7) is -0.334. The number of rotatable bonds is 3. The van der Waals surface area contributed by atoms with Crippen LogP contribution in [0.1, 0.15) is 44.9 Å². The highest BCUT2D eigenvalue weighted by atomic mass is 32.2. The van der Waals surface area contributed by atoms with Gasteiger partial charge in [-0.1, -0.05) is 25.7 Å². The number of urea groups is 1. The summed E-state index contributed by atoms with van der Waals surface area (Å²) in [5.74, 6) is -0.711. The summed E-state index contributed by atoms with van der Waals surface area (Å²) in [4.78, 5) is 39.9. The van der Waals surface area contributed by atoms with Crippen LogP contribution in [0.4, 0.5) is 4.79 Å². The number of hydrogen-bond acceptors (Lipinski definition) is 5. The van der Waals surface area contributed by atoms with Gasteiger partial charge in [0, 0.05) is 13.1 Å². The van der Waals surface area contributed by atoms with Crippen LogP contribution in [0.3, 0.4) is 0 Å². The van der Waals surface area contributed by atoms with Crippen LogP contribution < -0.4 is 5.32 Å². The summed E-state index contributed by atoms with van der Waals surface area (Å²) in [5, 5.41) is 2.81. The Morgan fingerprint density at radius 3 is 2.44 bits per heavy atom. The van der Waals surface area contributed by atoms with Crippen LogP contribution in [0.15, 0.2) is 0 Å². The third kappa shape index (κ3) is 3.51. The summed E-state index contributed by atoms with van der Waals surface area (Å²) >= 11 is 0. The van der Waals surface area contributed by atoms with Crippen molar-refractivity contribution in [3.63, 3.8) is 0 Å². The molecule has 3 aliphatic rings. The fraction of sp³-hybridized carbons (Fsp3) is 0.812. The Labute approximate surface area is 147 Å². The van der Waals surface area contributed by atoms with Crippen molar-refractivity contribution in [2.45, 2.75) is 56.5 Å². The third-order valence-electron chi connectivity index (χ3n) is 5.65. The molecule has 1 N–H and O–H groups in total. The predicted octanol–water partition coefficient (Wildman–Crippen LogP) is 0.277. The lowest BCUT2D eigenvalue weighted by Gasteiger charge is -2.26. The first-order valence-corrected chi connectivity index (χ1v) is 10.7. The number of carbonyl (C=O) groups is 3. The van der Waals surface area contributed by atoms with Crippen LogP contribution in [0.5, 0.6) is 0 Å². The molecule has 2 heterocycles. The molecule has 1 atom stereocenters. The molecule has 1 aliphatic carbocycles. The lowest BCUT2D eigenvalue weighted by Crippen LogP contribution is -2.48. The maximum Gasteiger partial charge on any atom is 0.325 e. The van der Waals surface area contributed by atoms with Crippen molar-refractivity contribution in [3.8, 4) is 0 Å². The Morgan fingerprint density at radius 1 is 1.24 bits per heavy atom. The molecule has 1 saturated carbocycles. The first kappa shape index (κ1) is 18.2. The molecule has 0 aromatic rings. The van der Waals surface area contributed by atoms with Crippen LogP contribution in [-0.4, -0.2) is 72.7 Å². The van der Waals surface area contributed by atoms with Crippen molar-refractivity contribution in [2.24, 2.45) is 0 Å². The van der Waals surface area contributed by atoms with Crippen LogP contribution in [-0.2, 0) is 19.4 Å². The number of nitrogens with zero attached hydrogens (tertiary/aromatic N) is 2. The van der Waals surface area contributed by atoms with Gasteiger partial charge in [-0.15, -0.1) is 0 Å². The standard InChI is InChI=1S/C16H25N3O5S/c1-18(12-6-9-25(23,24)11-12)13(20)10-19-14(21)16(17-15(19)22)7-4-2-3-5-8-16/h12H,2-11H2,1H3,(H,17,22)/t12-/m1/s1. The van der Waals surface area contributed by atoms with E-state index in [1.165, 1.54) is 11.9 Å². The number of hydrogen-bond donors (Lipinski definition) is 1. The minimum absolute atomic E-state index is 0.0562. The fourth-order valence-corrected chi connectivity index (χ4v) is 5.80. The summed E-state index contributed by atoms with van der Waals surface area (Å²) in [5.41, 5.74) is -0.858. The second-order valence-corrected chi connectivity index (χ2v) is 9.61. The van der Waals surface area contributed by atoms with E-state index in [9.17, 15) is 22.8 Å². The molecule has 8 nitrogen and oxygen atoms in total. The smallest absolute Gasteiger partial charge is 0.325 e. The fourth-order valence-electron chi connectivity index (χ4n) is 4.02. The Kier molecular flexibility index (Phi) is 4.78. The van der Waals surface area contributed by atoms with Crippen molar-refractivity contribution in [1.29, 1.82) is 0 Å². The van der Waals surface area contributed by atoms with E-state index >= 15 is 0 Å². The van der Waals surface area contributed by atoms with E-state index in [1.807, 2.05) is 0 Å². The molecule has 0 unspecified atom stereocenters. The number of carbonyl (C=O) groups excluding carboxylic acids is 3. The molecule has 3 rings (SSSR count). The molecule has 0 radical (unpaired) electrons. The number of amides is 4. The van der Waals surface area contributed by atoms with E-state index in [-0.39, 0.29) is 30.0 Å². The van der Waals surface area contributed by atoms with Crippen LogP contribution in [0.2, 0.25) is 0 Å². The van der Waals surface area contributed by atoms with Crippen LogP contribution >= 0.6 is 0 Å². The zero-order valence-corrected chi connectivity index (χ0v) is 15.3. The average Bonchev–Trinajstić information content (AvgIpc) is 2.89. The first-order chi connectivity index (χ1) is 11.7. The molecule has 140 valence electrons. The van der Waals surface area contributed by atoms with Gasteiger partial charge in [0.25, 0.3) is 5.91 Å². The van der Waals surface area contributed by atoms with Gasteiger partial charge in [-0.3, -0.25) is 14.5 Å². The molecular formula is C16H25N3O5S. The molecule has 25 heavy (non-hydrogen) atoms. The summed E-state index contributed by atoms with van der Waals surface area (Å²) in [6, 6.07) is -0.905. The lowest BCUT2D eigenvalue weighted by molar-refractivity contribution is -0.139. The SMILES string of the molecule is CN(C(=O)CN1C(=O)NC2(CCCCCC2)C1=O)[C@@H]1CCS(=O)(=O)C1. The largest absolute Gasteiger partial charge is 0.340 e. The minimum atomic E-state index is -3.10. The molecule has 0 aromatic heterocycles. The highest BCUT2D eigenvalue weighted by Gasteiger charge is 2.51. The van der Waals surface area contributed by atoms with Gasteiger partial charge in [0.15, 0.2) is 9.84 Å². The molecule has 4 amide bonds. The van der Waals surface area contributed by atoms with Crippen LogP contribution in [0.25, 0.3) is 0 Å². The predicted molar refractivity (Wildman–Crippen MR) is 90.5 cm³/mol. The maximum atomic E-state index is 12.8. The number of likely N-dealkylation sites (N-methyl/N-ethyl adjacent to an activating group) is 1. The van der Waals surface area contributed by atoms with Crippen molar-refractivity contribution in [1.82, 2.24) is 15.1 Å². The monoisotopic (exact) mass is 371 g/mol. The summed E-state index contributed by atoms with van der Waals surface area (Å²) in [7, 11) is -1.57. The number of imide groups is 1. The van der Waals surface area contributed by atoms with Gasteiger partial charge in [0.05, 0.1) is 11.5 Å². The van der Waals surface area contributed by atoms with Gasteiger partial charge in [0.1, 0.15) is 12.1 Å². The second kappa shape index (κ2) is 6.59. The molecule has 1 spiro atoms. The lowest BCUT2D eigenvalue weighted by atomic mass is 9.90. The summed E-state index contributed by atoms with van der Waals surface area (Å²) in [6.07, 6.45) is 5.47. The van der Waals surface area contributed by atoms with Gasteiger partial charge in [-0.25, -0.2) is 13.2 Å². The zero-order valence-electron chi connectivity index (χ0n) is 14.5. The molecule has 0 aromatic carbocycles. The van der Waals surface area contributed by atoms with E-state index in [0.717, 1.165) is 30.6 Å². The Balaban J connectivity index is 1.67. The maximum absolute atomic E-state index is 12.8. The average molecular weight is 371 g/mol. The van der Waals surface area contributed by atoms with E-state index in [1.54, 1.807) is 0 Å². The topological polar surface area (TPSA) is 104 Å². The molecule has 9 heteroatoms. The van der Waals surface area contributed by atoms with Gasteiger partial charge in [-0.05, 0) is 19.3 Å². The van der Waals surface area contributed by atoms with Gasteiger partial charge in [0.2, 0.25) is 5.91 Å². The Bertz CT molecular complexity index is 682. The second-order valence-electron chi connectivity index (χ2n) is 7.38. The van der Waals surface area contributed by atoms with E-state index < -0.39 is 27.3 Å².